The van der Waals surface area contributed by atoms with Gasteiger partial charge >= 0.3 is 0 Å². The fourth-order valence-corrected chi connectivity index (χ4v) is 3.10. The highest BCUT2D eigenvalue weighted by atomic mass is 19.1. The first-order chi connectivity index (χ1) is 12.5. The summed E-state index contributed by atoms with van der Waals surface area (Å²) in [5.74, 6) is 0.876. The van der Waals surface area contributed by atoms with E-state index in [0.29, 0.717) is 24.8 Å². The maximum Gasteiger partial charge on any atom is 0.226 e. The van der Waals surface area contributed by atoms with Crippen LogP contribution in [0, 0.1) is 25.6 Å². The molecule has 1 aliphatic rings. The molecule has 1 aromatic carbocycles. The van der Waals surface area contributed by atoms with Crippen molar-refractivity contribution in [3.63, 3.8) is 0 Å². The Morgan fingerprint density at radius 1 is 1.19 bits per heavy atom. The molecule has 1 aliphatic heterocycles. The molecule has 5 nitrogen and oxygen atoms in total. The van der Waals surface area contributed by atoms with Crippen molar-refractivity contribution < 1.29 is 13.9 Å². The number of hydrogen-bond acceptors (Lipinski definition) is 4. The Balaban J connectivity index is 1.45. The van der Waals surface area contributed by atoms with Gasteiger partial charge < -0.3 is 9.64 Å². The summed E-state index contributed by atoms with van der Waals surface area (Å²) in [5.41, 5.74) is 2.74. The van der Waals surface area contributed by atoms with Gasteiger partial charge in [0.15, 0.2) is 0 Å². The third-order valence-electron chi connectivity index (χ3n) is 4.98. The van der Waals surface area contributed by atoms with Gasteiger partial charge in [0.25, 0.3) is 0 Å². The molecule has 138 valence electrons. The predicted octanol–water partition coefficient (Wildman–Crippen LogP) is 3.09. The lowest BCUT2D eigenvalue weighted by molar-refractivity contribution is -0.132. The number of nitrogens with zero attached hydrogens (tertiary/aromatic N) is 3. The Bertz CT molecular complexity index is 756. The fraction of sp³-hybridized carbons (Fsp3) is 0.450. The summed E-state index contributed by atoms with van der Waals surface area (Å²) in [6.07, 6.45) is 3.67. The highest BCUT2D eigenvalue weighted by Gasteiger charge is 2.23. The number of benzene rings is 1. The zero-order valence-electron chi connectivity index (χ0n) is 15.2. The third-order valence-corrected chi connectivity index (χ3v) is 4.98. The van der Waals surface area contributed by atoms with E-state index in [1.165, 1.54) is 18.5 Å². The number of likely N-dealkylation sites (tertiary alicyclic amines) is 1. The number of halogens is 1. The van der Waals surface area contributed by atoms with Crippen molar-refractivity contribution in [1.82, 2.24) is 14.9 Å². The van der Waals surface area contributed by atoms with Crippen LogP contribution < -0.4 is 4.74 Å². The Labute approximate surface area is 153 Å². The molecule has 26 heavy (non-hydrogen) atoms. The molecule has 0 unspecified atom stereocenters. The lowest BCUT2D eigenvalue weighted by atomic mass is 9.97. The van der Waals surface area contributed by atoms with E-state index in [1.54, 1.807) is 12.1 Å². The van der Waals surface area contributed by atoms with Gasteiger partial charge in [-0.2, -0.15) is 0 Å². The maximum atomic E-state index is 12.9. The number of carbonyl (C=O) groups excluding carboxylic acids is 1. The lowest BCUT2D eigenvalue weighted by Crippen LogP contribution is -2.40. The lowest BCUT2D eigenvalue weighted by Gasteiger charge is -2.32. The van der Waals surface area contributed by atoms with Crippen LogP contribution in [-0.2, 0) is 11.2 Å². The fourth-order valence-electron chi connectivity index (χ4n) is 3.10. The van der Waals surface area contributed by atoms with Crippen molar-refractivity contribution in [2.24, 2.45) is 5.92 Å². The molecule has 2 heterocycles. The molecule has 0 bridgehead atoms. The van der Waals surface area contributed by atoms with E-state index in [0.717, 1.165) is 42.8 Å². The normalized spacial score (nSPS) is 15.1. The first kappa shape index (κ1) is 18.3. The first-order valence-electron chi connectivity index (χ1n) is 8.96. The molecule has 0 atom stereocenters. The minimum absolute atomic E-state index is 0.0956. The Morgan fingerprint density at radius 3 is 2.58 bits per heavy atom. The maximum absolute atomic E-state index is 12.9. The second-order valence-corrected chi connectivity index (χ2v) is 6.83. The largest absolute Gasteiger partial charge is 0.477 e. The summed E-state index contributed by atoms with van der Waals surface area (Å²) in [6.45, 7) is 5.97. The minimum atomic E-state index is -0.281. The van der Waals surface area contributed by atoms with Crippen LogP contribution >= 0.6 is 0 Å². The smallest absolute Gasteiger partial charge is 0.226 e. The van der Waals surface area contributed by atoms with Crippen molar-refractivity contribution in [3.8, 4) is 5.88 Å². The van der Waals surface area contributed by atoms with Crippen molar-refractivity contribution in [2.45, 2.75) is 33.1 Å². The van der Waals surface area contributed by atoms with Gasteiger partial charge in [0, 0.05) is 24.3 Å². The molecule has 1 amide bonds. The van der Waals surface area contributed by atoms with E-state index in [9.17, 15) is 9.18 Å². The van der Waals surface area contributed by atoms with E-state index in [2.05, 4.69) is 9.97 Å². The molecule has 3 rings (SSSR count). The van der Waals surface area contributed by atoms with Gasteiger partial charge in [-0.3, -0.25) is 4.79 Å². The van der Waals surface area contributed by atoms with Crippen LogP contribution in [0.3, 0.4) is 0 Å². The zero-order valence-corrected chi connectivity index (χ0v) is 15.2. The number of aryl methyl sites for hydroxylation is 1. The highest BCUT2D eigenvalue weighted by Crippen LogP contribution is 2.21. The van der Waals surface area contributed by atoms with Crippen LogP contribution in [0.15, 0.2) is 30.6 Å². The van der Waals surface area contributed by atoms with Crippen molar-refractivity contribution in [1.29, 1.82) is 0 Å². The van der Waals surface area contributed by atoms with Crippen LogP contribution in [0.1, 0.15) is 29.7 Å². The van der Waals surface area contributed by atoms with Gasteiger partial charge in [0.1, 0.15) is 12.1 Å². The van der Waals surface area contributed by atoms with E-state index in [-0.39, 0.29) is 11.7 Å². The van der Waals surface area contributed by atoms with Crippen LogP contribution in [0.25, 0.3) is 0 Å². The van der Waals surface area contributed by atoms with Gasteiger partial charge in [-0.05, 0) is 50.3 Å². The van der Waals surface area contributed by atoms with Crippen molar-refractivity contribution in [3.05, 3.63) is 53.2 Å². The Morgan fingerprint density at radius 2 is 1.88 bits per heavy atom. The number of piperidine rings is 1. The molecule has 6 heteroatoms. The molecular formula is C20H24FN3O2. The Kier molecular flexibility index (Phi) is 5.81. The molecule has 0 N–H and O–H groups in total. The molecular weight excluding hydrogens is 333 g/mol. The summed E-state index contributed by atoms with van der Waals surface area (Å²) >= 11 is 0. The van der Waals surface area contributed by atoms with Crippen LogP contribution in [-0.4, -0.2) is 40.5 Å². The molecule has 1 fully saturated rings. The summed E-state index contributed by atoms with van der Waals surface area (Å²) in [4.78, 5) is 22.6. The van der Waals surface area contributed by atoms with Crippen molar-refractivity contribution in [2.75, 3.05) is 19.7 Å². The zero-order chi connectivity index (χ0) is 18.5. The first-order valence-corrected chi connectivity index (χ1v) is 8.96. The number of rotatable bonds is 5. The number of ether oxygens (including phenoxy) is 1. The van der Waals surface area contributed by atoms with E-state index >= 15 is 0 Å². The average Bonchev–Trinajstić information content (AvgIpc) is 2.65. The Hall–Kier alpha value is -2.50. The number of amides is 1. The minimum Gasteiger partial charge on any atom is -0.477 e. The predicted molar refractivity (Wildman–Crippen MR) is 96.4 cm³/mol. The van der Waals surface area contributed by atoms with Gasteiger partial charge in [0.05, 0.1) is 13.0 Å². The molecule has 2 aromatic rings. The second kappa shape index (κ2) is 8.25. The molecule has 0 spiro atoms. The van der Waals surface area contributed by atoms with Gasteiger partial charge in [-0.25, -0.2) is 14.4 Å². The standard InChI is InChI=1S/C20H24FN3O2/c1-14-15(2)22-13-23-20(14)26-12-17-7-9-24(10-8-17)19(25)11-16-3-5-18(21)6-4-16/h3-6,13,17H,7-12H2,1-2H3. The van der Waals surface area contributed by atoms with Crippen LogP contribution in [0.2, 0.25) is 0 Å². The van der Waals surface area contributed by atoms with Gasteiger partial charge in [-0.1, -0.05) is 12.1 Å². The SMILES string of the molecule is Cc1ncnc(OCC2CCN(C(=O)Cc3ccc(F)cc3)CC2)c1C. The molecule has 1 aromatic heterocycles. The number of aromatic nitrogens is 2. The van der Waals surface area contributed by atoms with E-state index in [1.807, 2.05) is 18.7 Å². The molecule has 0 aliphatic carbocycles. The third kappa shape index (κ3) is 4.56. The average molecular weight is 357 g/mol. The summed E-state index contributed by atoms with van der Waals surface area (Å²) in [5, 5.41) is 0. The highest BCUT2D eigenvalue weighted by molar-refractivity contribution is 5.78. The van der Waals surface area contributed by atoms with E-state index < -0.39 is 0 Å². The van der Waals surface area contributed by atoms with Gasteiger partial charge in [0.2, 0.25) is 11.8 Å². The second-order valence-electron chi connectivity index (χ2n) is 6.83. The molecule has 0 saturated carbocycles. The number of hydrogen-bond donors (Lipinski definition) is 0. The monoisotopic (exact) mass is 357 g/mol. The number of carbonyl (C=O) groups is 1. The van der Waals surface area contributed by atoms with Crippen LogP contribution in [0.5, 0.6) is 5.88 Å². The molecule has 0 radical (unpaired) electrons. The van der Waals surface area contributed by atoms with Crippen LogP contribution in [0.4, 0.5) is 4.39 Å². The summed E-state index contributed by atoms with van der Waals surface area (Å²) < 4.78 is 18.8. The van der Waals surface area contributed by atoms with E-state index in [4.69, 9.17) is 4.74 Å². The van der Waals surface area contributed by atoms with Gasteiger partial charge in [-0.15, -0.1) is 0 Å². The summed E-state index contributed by atoms with van der Waals surface area (Å²) in [6, 6.07) is 6.12. The summed E-state index contributed by atoms with van der Waals surface area (Å²) in [7, 11) is 0. The quantitative estimate of drug-likeness (QED) is 0.825. The molecule has 1 saturated heterocycles. The van der Waals surface area contributed by atoms with Crippen molar-refractivity contribution >= 4 is 5.91 Å². The topological polar surface area (TPSA) is 55.3 Å².